The van der Waals surface area contributed by atoms with Crippen molar-refractivity contribution in [2.75, 3.05) is 6.61 Å². The summed E-state index contributed by atoms with van der Waals surface area (Å²) in [7, 11) is 0. The number of carbonyl (C=O) groups excluding carboxylic acids is 2. The van der Waals surface area contributed by atoms with E-state index < -0.39 is 10.9 Å². The summed E-state index contributed by atoms with van der Waals surface area (Å²) in [6.07, 6.45) is 1.80. The van der Waals surface area contributed by atoms with Crippen LogP contribution in [-0.4, -0.2) is 34.3 Å². The normalized spacial score (nSPS) is 13.2. The third-order valence-electron chi connectivity index (χ3n) is 5.13. The number of esters is 1. The van der Waals surface area contributed by atoms with Crippen molar-refractivity contribution in [2.24, 2.45) is 0 Å². The maximum absolute atomic E-state index is 13.3. The van der Waals surface area contributed by atoms with Gasteiger partial charge in [-0.05, 0) is 42.9 Å². The van der Waals surface area contributed by atoms with Crippen LogP contribution >= 0.6 is 0 Å². The molecule has 0 spiro atoms. The van der Waals surface area contributed by atoms with Crippen molar-refractivity contribution in [3.63, 3.8) is 0 Å². The Bertz CT molecular complexity index is 949. The van der Waals surface area contributed by atoms with Gasteiger partial charge in [0, 0.05) is 30.3 Å². The maximum atomic E-state index is 13.3. The van der Waals surface area contributed by atoms with Gasteiger partial charge in [0.2, 0.25) is 0 Å². The lowest BCUT2D eigenvalue weighted by atomic mass is 10.0. The molecular formula is C23H26N2O5. The SMILES string of the molecule is CCOC(=O)c1cc(C(=O)N(Cc2ccc(C(C)C)cc2)C2CC2)cc([N+](=O)[O-])c1. The third-order valence-corrected chi connectivity index (χ3v) is 5.13. The molecule has 0 N–H and O–H groups in total. The molecule has 1 fully saturated rings. The molecular weight excluding hydrogens is 384 g/mol. The Morgan fingerprint density at radius 1 is 1.13 bits per heavy atom. The first kappa shape index (κ1) is 21.5. The fourth-order valence-corrected chi connectivity index (χ4v) is 3.30. The molecule has 1 saturated carbocycles. The van der Waals surface area contributed by atoms with E-state index in [0.29, 0.717) is 12.5 Å². The third kappa shape index (κ3) is 5.03. The van der Waals surface area contributed by atoms with Crippen LogP contribution in [0.4, 0.5) is 5.69 Å². The number of nitro groups is 1. The summed E-state index contributed by atoms with van der Waals surface area (Å²) in [6.45, 7) is 6.46. The Morgan fingerprint density at radius 2 is 1.77 bits per heavy atom. The number of hydrogen-bond donors (Lipinski definition) is 0. The minimum Gasteiger partial charge on any atom is -0.462 e. The number of benzene rings is 2. The van der Waals surface area contributed by atoms with Crippen LogP contribution in [0, 0.1) is 10.1 Å². The second-order valence-electron chi connectivity index (χ2n) is 7.81. The van der Waals surface area contributed by atoms with Crippen molar-refractivity contribution in [1.82, 2.24) is 4.90 Å². The molecule has 30 heavy (non-hydrogen) atoms. The molecule has 0 unspecified atom stereocenters. The summed E-state index contributed by atoms with van der Waals surface area (Å²) in [5.74, 6) is -0.580. The second-order valence-corrected chi connectivity index (χ2v) is 7.81. The Morgan fingerprint density at radius 3 is 2.30 bits per heavy atom. The van der Waals surface area contributed by atoms with E-state index in [1.54, 1.807) is 11.8 Å². The molecule has 0 aliphatic heterocycles. The first-order valence-corrected chi connectivity index (χ1v) is 10.2. The van der Waals surface area contributed by atoms with Crippen LogP contribution in [0.25, 0.3) is 0 Å². The van der Waals surface area contributed by atoms with Gasteiger partial charge in [0.25, 0.3) is 11.6 Å². The number of non-ortho nitro benzene ring substituents is 1. The lowest BCUT2D eigenvalue weighted by Gasteiger charge is -2.23. The van der Waals surface area contributed by atoms with Gasteiger partial charge in [-0.1, -0.05) is 38.1 Å². The van der Waals surface area contributed by atoms with E-state index in [1.807, 2.05) is 12.1 Å². The zero-order valence-corrected chi connectivity index (χ0v) is 17.5. The van der Waals surface area contributed by atoms with Crippen molar-refractivity contribution >= 4 is 17.6 Å². The molecule has 1 aliphatic carbocycles. The van der Waals surface area contributed by atoms with E-state index in [1.165, 1.54) is 17.7 Å². The molecule has 0 atom stereocenters. The Labute approximate surface area is 175 Å². The zero-order chi connectivity index (χ0) is 21.8. The molecule has 0 saturated heterocycles. The summed E-state index contributed by atoms with van der Waals surface area (Å²) < 4.78 is 4.96. The number of ether oxygens (including phenoxy) is 1. The van der Waals surface area contributed by atoms with Crippen LogP contribution in [-0.2, 0) is 11.3 Å². The second kappa shape index (κ2) is 9.07. The van der Waals surface area contributed by atoms with Crippen LogP contribution in [0.15, 0.2) is 42.5 Å². The smallest absolute Gasteiger partial charge is 0.338 e. The van der Waals surface area contributed by atoms with E-state index in [4.69, 9.17) is 4.74 Å². The van der Waals surface area contributed by atoms with Crippen LogP contribution in [0.2, 0.25) is 0 Å². The molecule has 7 heteroatoms. The maximum Gasteiger partial charge on any atom is 0.338 e. The molecule has 7 nitrogen and oxygen atoms in total. The van der Waals surface area contributed by atoms with Crippen molar-refractivity contribution in [1.29, 1.82) is 0 Å². The summed E-state index contributed by atoms with van der Waals surface area (Å²) in [6, 6.07) is 12.0. The van der Waals surface area contributed by atoms with Gasteiger partial charge < -0.3 is 9.64 Å². The summed E-state index contributed by atoms with van der Waals surface area (Å²) in [5.41, 5.74) is 2.04. The average Bonchev–Trinajstić information content (AvgIpc) is 3.56. The van der Waals surface area contributed by atoms with E-state index in [9.17, 15) is 19.7 Å². The summed E-state index contributed by atoms with van der Waals surface area (Å²) in [5, 5.41) is 11.3. The number of rotatable bonds is 8. The van der Waals surface area contributed by atoms with E-state index in [-0.39, 0.29) is 35.4 Å². The molecule has 2 aromatic carbocycles. The highest BCUT2D eigenvalue weighted by molar-refractivity contribution is 5.99. The number of amides is 1. The van der Waals surface area contributed by atoms with Crippen molar-refractivity contribution in [3.8, 4) is 0 Å². The number of hydrogen-bond acceptors (Lipinski definition) is 5. The minimum atomic E-state index is -0.683. The van der Waals surface area contributed by atoms with Gasteiger partial charge >= 0.3 is 5.97 Å². The first-order valence-electron chi connectivity index (χ1n) is 10.2. The van der Waals surface area contributed by atoms with Gasteiger partial charge in [-0.3, -0.25) is 14.9 Å². The largest absolute Gasteiger partial charge is 0.462 e. The van der Waals surface area contributed by atoms with Gasteiger partial charge in [0.15, 0.2) is 0 Å². The van der Waals surface area contributed by atoms with Crippen molar-refractivity contribution < 1.29 is 19.2 Å². The average molecular weight is 410 g/mol. The summed E-state index contributed by atoms with van der Waals surface area (Å²) in [4.78, 5) is 37.8. The van der Waals surface area contributed by atoms with Gasteiger partial charge in [-0.15, -0.1) is 0 Å². The van der Waals surface area contributed by atoms with Gasteiger partial charge in [0.05, 0.1) is 17.1 Å². The first-order chi connectivity index (χ1) is 14.3. The molecule has 3 rings (SSSR count). The van der Waals surface area contributed by atoms with Crippen LogP contribution < -0.4 is 0 Å². The Kier molecular flexibility index (Phi) is 6.50. The van der Waals surface area contributed by atoms with Crippen molar-refractivity contribution in [2.45, 2.75) is 52.1 Å². The molecule has 0 radical (unpaired) electrons. The lowest BCUT2D eigenvalue weighted by molar-refractivity contribution is -0.384. The van der Waals surface area contributed by atoms with Gasteiger partial charge in [-0.2, -0.15) is 0 Å². The predicted molar refractivity (Wildman–Crippen MR) is 112 cm³/mol. The number of nitro benzene ring substituents is 1. The lowest BCUT2D eigenvalue weighted by Crippen LogP contribution is -2.32. The van der Waals surface area contributed by atoms with Gasteiger partial charge in [-0.25, -0.2) is 4.79 Å². The van der Waals surface area contributed by atoms with Gasteiger partial charge in [0.1, 0.15) is 0 Å². The molecule has 158 valence electrons. The number of carbonyl (C=O) groups is 2. The van der Waals surface area contributed by atoms with E-state index >= 15 is 0 Å². The standard InChI is InChI=1S/C23H26N2O5/c1-4-30-23(27)19-11-18(12-21(13-19)25(28)29)22(26)24(20-9-10-20)14-16-5-7-17(8-6-16)15(2)3/h5-8,11-13,15,20H,4,9-10,14H2,1-3H3. The topological polar surface area (TPSA) is 89.8 Å². The number of nitrogens with zero attached hydrogens (tertiary/aromatic N) is 2. The Hall–Kier alpha value is -3.22. The van der Waals surface area contributed by atoms with E-state index in [2.05, 4.69) is 26.0 Å². The predicted octanol–water partition coefficient (Wildman–Crippen LogP) is 4.70. The highest BCUT2D eigenvalue weighted by Crippen LogP contribution is 2.31. The van der Waals surface area contributed by atoms with Crippen LogP contribution in [0.1, 0.15) is 71.4 Å². The van der Waals surface area contributed by atoms with Crippen LogP contribution in [0.3, 0.4) is 0 Å². The highest BCUT2D eigenvalue weighted by Gasteiger charge is 2.34. The fraction of sp³-hybridized carbons (Fsp3) is 0.391. The molecule has 1 aliphatic rings. The summed E-state index contributed by atoms with van der Waals surface area (Å²) >= 11 is 0. The minimum absolute atomic E-state index is 0.00596. The Balaban J connectivity index is 1.89. The van der Waals surface area contributed by atoms with Crippen molar-refractivity contribution in [3.05, 3.63) is 74.8 Å². The molecule has 0 aromatic heterocycles. The molecule has 0 heterocycles. The molecule has 1 amide bonds. The molecule has 0 bridgehead atoms. The van der Waals surface area contributed by atoms with Crippen LogP contribution in [0.5, 0.6) is 0 Å². The fourth-order valence-electron chi connectivity index (χ4n) is 3.30. The zero-order valence-electron chi connectivity index (χ0n) is 17.5. The molecule has 2 aromatic rings. The highest BCUT2D eigenvalue weighted by atomic mass is 16.6. The van der Waals surface area contributed by atoms with E-state index in [0.717, 1.165) is 24.5 Å². The quantitative estimate of drug-likeness (QED) is 0.357. The monoisotopic (exact) mass is 410 g/mol.